The molecule has 5 nitrogen and oxygen atoms in total. The predicted octanol–water partition coefficient (Wildman–Crippen LogP) is 3.55. The van der Waals surface area contributed by atoms with Crippen LogP contribution in [-0.2, 0) is 4.79 Å². The summed E-state index contributed by atoms with van der Waals surface area (Å²) in [6.07, 6.45) is 0. The van der Waals surface area contributed by atoms with Gasteiger partial charge in [-0.2, -0.15) is 0 Å². The number of carbonyl (C=O) groups is 1. The minimum absolute atomic E-state index is 0.0419. The third-order valence-electron chi connectivity index (χ3n) is 3.98. The summed E-state index contributed by atoms with van der Waals surface area (Å²) in [5, 5.41) is 2.09. The molecule has 0 saturated carbocycles. The molecule has 0 N–H and O–H groups in total. The van der Waals surface area contributed by atoms with Gasteiger partial charge in [0, 0.05) is 13.1 Å². The van der Waals surface area contributed by atoms with Crippen molar-refractivity contribution in [3.05, 3.63) is 51.9 Å². The van der Waals surface area contributed by atoms with Gasteiger partial charge in [0.1, 0.15) is 10.5 Å². The summed E-state index contributed by atoms with van der Waals surface area (Å²) in [5.74, 6) is -0.415. The average Bonchev–Trinajstić information content (AvgIpc) is 3.11. The van der Waals surface area contributed by atoms with Crippen molar-refractivity contribution >= 4 is 39.2 Å². The van der Waals surface area contributed by atoms with E-state index in [9.17, 15) is 14.0 Å². The standard InChI is InChI=1S/C18H18FN3O2S2/c1-3-21(4-2)15(23)11-26-18-20-13-9-10-25-16(13)17(24)22(18)14-8-6-5-7-12(14)19/h5-10H,3-4,11H2,1-2H3. The van der Waals surface area contributed by atoms with Crippen LogP contribution in [0.4, 0.5) is 4.39 Å². The van der Waals surface area contributed by atoms with E-state index in [2.05, 4.69) is 4.98 Å². The number of aromatic nitrogens is 2. The van der Waals surface area contributed by atoms with Crippen LogP contribution >= 0.6 is 23.1 Å². The highest BCUT2D eigenvalue weighted by Crippen LogP contribution is 2.25. The van der Waals surface area contributed by atoms with Gasteiger partial charge >= 0.3 is 0 Å². The van der Waals surface area contributed by atoms with E-state index in [1.807, 2.05) is 13.8 Å². The van der Waals surface area contributed by atoms with Gasteiger partial charge in [0.2, 0.25) is 5.91 Å². The lowest BCUT2D eigenvalue weighted by Gasteiger charge is -2.18. The van der Waals surface area contributed by atoms with E-state index in [0.717, 1.165) is 11.8 Å². The minimum atomic E-state index is -0.510. The molecule has 26 heavy (non-hydrogen) atoms. The Morgan fingerprint density at radius 1 is 1.27 bits per heavy atom. The largest absolute Gasteiger partial charge is 0.343 e. The quantitative estimate of drug-likeness (QED) is 0.476. The van der Waals surface area contributed by atoms with E-state index in [0.29, 0.717) is 28.5 Å². The molecule has 8 heteroatoms. The van der Waals surface area contributed by atoms with Crippen molar-refractivity contribution < 1.29 is 9.18 Å². The number of thioether (sulfide) groups is 1. The van der Waals surface area contributed by atoms with Gasteiger partial charge in [-0.25, -0.2) is 9.37 Å². The summed E-state index contributed by atoms with van der Waals surface area (Å²) in [6.45, 7) is 5.06. The van der Waals surface area contributed by atoms with Crippen LogP contribution < -0.4 is 5.56 Å². The Morgan fingerprint density at radius 3 is 2.69 bits per heavy atom. The topological polar surface area (TPSA) is 55.2 Å². The number of benzene rings is 1. The highest BCUT2D eigenvalue weighted by atomic mass is 32.2. The molecular weight excluding hydrogens is 373 g/mol. The fourth-order valence-corrected chi connectivity index (χ4v) is 4.30. The molecule has 136 valence electrons. The molecule has 0 aliphatic rings. The first-order chi connectivity index (χ1) is 12.6. The summed E-state index contributed by atoms with van der Waals surface area (Å²) in [5.41, 5.74) is 0.372. The van der Waals surface area contributed by atoms with E-state index in [-0.39, 0.29) is 22.9 Å². The van der Waals surface area contributed by atoms with Crippen molar-refractivity contribution in [1.82, 2.24) is 14.5 Å². The Labute approximate surface area is 158 Å². The zero-order chi connectivity index (χ0) is 18.7. The second-order valence-electron chi connectivity index (χ2n) is 5.48. The molecule has 0 atom stereocenters. The number of rotatable bonds is 6. The van der Waals surface area contributed by atoms with E-state index in [1.165, 1.54) is 28.0 Å². The van der Waals surface area contributed by atoms with Crippen molar-refractivity contribution in [2.45, 2.75) is 19.0 Å². The normalized spacial score (nSPS) is 11.0. The second-order valence-corrected chi connectivity index (χ2v) is 7.33. The third-order valence-corrected chi connectivity index (χ3v) is 5.80. The molecule has 1 aromatic carbocycles. The Hall–Kier alpha value is -2.19. The molecule has 0 aliphatic heterocycles. The second kappa shape index (κ2) is 8.01. The molecule has 2 heterocycles. The summed E-state index contributed by atoms with van der Waals surface area (Å²) < 4.78 is 16.1. The zero-order valence-electron chi connectivity index (χ0n) is 14.4. The van der Waals surface area contributed by atoms with Crippen molar-refractivity contribution in [2.24, 2.45) is 0 Å². The highest BCUT2D eigenvalue weighted by Gasteiger charge is 2.18. The van der Waals surface area contributed by atoms with Gasteiger partial charge in [-0.3, -0.25) is 14.2 Å². The van der Waals surface area contributed by atoms with Crippen LogP contribution in [-0.4, -0.2) is 39.2 Å². The van der Waals surface area contributed by atoms with Gasteiger partial charge in [0.15, 0.2) is 5.16 Å². The molecule has 0 fully saturated rings. The van der Waals surface area contributed by atoms with Gasteiger partial charge in [0.05, 0.1) is 17.0 Å². The predicted molar refractivity (Wildman–Crippen MR) is 104 cm³/mol. The van der Waals surface area contributed by atoms with E-state index < -0.39 is 5.82 Å². The number of fused-ring (bicyclic) bond motifs is 1. The molecule has 0 radical (unpaired) electrons. The number of amides is 1. The first-order valence-electron chi connectivity index (χ1n) is 8.22. The van der Waals surface area contributed by atoms with Gasteiger partial charge in [-0.05, 0) is 37.4 Å². The lowest BCUT2D eigenvalue weighted by molar-refractivity contribution is -0.127. The van der Waals surface area contributed by atoms with Crippen LogP contribution in [0, 0.1) is 5.82 Å². The maximum absolute atomic E-state index is 14.3. The number of hydrogen-bond acceptors (Lipinski definition) is 5. The first-order valence-corrected chi connectivity index (χ1v) is 10.1. The van der Waals surface area contributed by atoms with Crippen LogP contribution in [0.5, 0.6) is 0 Å². The molecule has 2 aromatic heterocycles. The number of halogens is 1. The Bertz CT molecular complexity index is 996. The Morgan fingerprint density at radius 2 is 2.00 bits per heavy atom. The SMILES string of the molecule is CCN(CC)C(=O)CSc1nc2ccsc2c(=O)n1-c1ccccc1F. The van der Waals surface area contributed by atoms with E-state index in [4.69, 9.17) is 0 Å². The summed E-state index contributed by atoms with van der Waals surface area (Å²) in [4.78, 5) is 31.4. The van der Waals surface area contributed by atoms with Gasteiger partial charge in [-0.15, -0.1) is 11.3 Å². The number of hydrogen-bond donors (Lipinski definition) is 0. The van der Waals surface area contributed by atoms with Gasteiger partial charge < -0.3 is 4.90 Å². The van der Waals surface area contributed by atoms with Crippen molar-refractivity contribution in [1.29, 1.82) is 0 Å². The summed E-state index contributed by atoms with van der Waals surface area (Å²) in [7, 11) is 0. The Balaban J connectivity index is 2.06. The molecule has 0 spiro atoms. The summed E-state index contributed by atoms with van der Waals surface area (Å²) >= 11 is 2.42. The zero-order valence-corrected chi connectivity index (χ0v) is 16.1. The van der Waals surface area contributed by atoms with Crippen molar-refractivity contribution in [3.63, 3.8) is 0 Å². The lowest BCUT2D eigenvalue weighted by atomic mass is 10.3. The number of nitrogens with zero attached hydrogens (tertiary/aromatic N) is 3. The fourth-order valence-electron chi connectivity index (χ4n) is 2.63. The monoisotopic (exact) mass is 391 g/mol. The molecule has 0 unspecified atom stereocenters. The minimum Gasteiger partial charge on any atom is -0.343 e. The number of carbonyl (C=O) groups excluding carboxylic acids is 1. The Kier molecular flexibility index (Phi) is 5.73. The van der Waals surface area contributed by atoms with Gasteiger partial charge in [0.25, 0.3) is 5.56 Å². The van der Waals surface area contributed by atoms with Crippen LogP contribution in [0.25, 0.3) is 15.9 Å². The van der Waals surface area contributed by atoms with Crippen LogP contribution in [0.3, 0.4) is 0 Å². The maximum atomic E-state index is 14.3. The average molecular weight is 391 g/mol. The molecule has 0 saturated heterocycles. The third kappa shape index (κ3) is 3.52. The smallest absolute Gasteiger partial charge is 0.276 e. The van der Waals surface area contributed by atoms with E-state index in [1.54, 1.807) is 28.5 Å². The van der Waals surface area contributed by atoms with Crippen LogP contribution in [0.1, 0.15) is 13.8 Å². The number of thiophene rings is 1. The molecule has 1 amide bonds. The highest BCUT2D eigenvalue weighted by molar-refractivity contribution is 7.99. The van der Waals surface area contributed by atoms with Gasteiger partial charge in [-0.1, -0.05) is 23.9 Å². The summed E-state index contributed by atoms with van der Waals surface area (Å²) in [6, 6.07) is 7.82. The first kappa shape index (κ1) is 18.6. The van der Waals surface area contributed by atoms with Crippen molar-refractivity contribution in [2.75, 3.05) is 18.8 Å². The van der Waals surface area contributed by atoms with Crippen molar-refractivity contribution in [3.8, 4) is 5.69 Å². The molecule has 3 rings (SSSR count). The molecule has 0 aliphatic carbocycles. The molecule has 0 bridgehead atoms. The van der Waals surface area contributed by atoms with E-state index >= 15 is 0 Å². The molecule has 3 aromatic rings. The fraction of sp³-hybridized carbons (Fsp3) is 0.278. The molecular formula is C18H18FN3O2S2. The number of para-hydroxylation sites is 1. The maximum Gasteiger partial charge on any atom is 0.276 e. The van der Waals surface area contributed by atoms with Crippen LogP contribution in [0.2, 0.25) is 0 Å². The lowest BCUT2D eigenvalue weighted by Crippen LogP contribution is -2.32. The van der Waals surface area contributed by atoms with Crippen LogP contribution in [0.15, 0.2) is 45.7 Å².